The largest absolute Gasteiger partial charge is 0.494 e. The van der Waals surface area contributed by atoms with E-state index in [0.29, 0.717) is 36.5 Å². The molecule has 0 radical (unpaired) electrons. The van der Waals surface area contributed by atoms with Crippen molar-refractivity contribution in [1.29, 1.82) is 0 Å². The Kier molecular flexibility index (Phi) is 7.51. The zero-order valence-corrected chi connectivity index (χ0v) is 21.2. The molecule has 4 rings (SSSR count). The maximum Gasteiger partial charge on any atom is 0.281 e. The molecular weight excluding hydrogens is 509 g/mol. The molecule has 194 valence electrons. The average Bonchev–Trinajstić information content (AvgIpc) is 3.31. The van der Waals surface area contributed by atoms with E-state index in [4.69, 9.17) is 23.3 Å². The van der Waals surface area contributed by atoms with Gasteiger partial charge < -0.3 is 15.4 Å². The standard InChI is InChI=1S/C27H24FN5O4S/c1-4-19-10-11-20(5-2)33(19)26-22(27(34)32-38(35,36)25-9-7-8-24(29)31-25)12-13-23(30-26)17-14-18(28)16-21(15-17)37-6-3/h1-2,7-9,12-16,19-20H,6,10-11H2,3H3,(H2,29,31)(H,32,34)/t19-,20+. The van der Waals surface area contributed by atoms with Gasteiger partial charge in [-0.3, -0.25) is 4.79 Å². The van der Waals surface area contributed by atoms with Crippen LogP contribution < -0.4 is 20.1 Å². The predicted octanol–water partition coefficient (Wildman–Crippen LogP) is 2.99. The summed E-state index contributed by atoms with van der Waals surface area (Å²) in [5, 5.41) is -0.427. The molecule has 0 bridgehead atoms. The van der Waals surface area contributed by atoms with Crippen LogP contribution in [-0.4, -0.2) is 43.0 Å². The number of nitrogens with two attached hydrogens (primary N) is 1. The molecular formula is C27H24FN5O4S. The molecule has 1 amide bonds. The number of benzene rings is 1. The molecule has 9 nitrogen and oxygen atoms in total. The summed E-state index contributed by atoms with van der Waals surface area (Å²) in [7, 11) is -4.37. The minimum Gasteiger partial charge on any atom is -0.494 e. The van der Waals surface area contributed by atoms with Crippen molar-refractivity contribution in [3.63, 3.8) is 0 Å². The van der Waals surface area contributed by atoms with Gasteiger partial charge in [0.1, 0.15) is 23.2 Å². The zero-order valence-electron chi connectivity index (χ0n) is 20.4. The molecule has 0 spiro atoms. The molecule has 0 aliphatic carbocycles. The molecule has 2 atom stereocenters. The molecule has 1 aliphatic rings. The number of nitrogen functional groups attached to an aromatic ring is 1. The van der Waals surface area contributed by atoms with Crippen LogP contribution in [0.5, 0.6) is 5.75 Å². The normalized spacial score (nSPS) is 16.9. The van der Waals surface area contributed by atoms with E-state index in [9.17, 15) is 17.6 Å². The first-order valence-electron chi connectivity index (χ1n) is 11.6. The van der Waals surface area contributed by atoms with Gasteiger partial charge in [0.2, 0.25) is 0 Å². The number of amides is 1. The Labute approximate surface area is 220 Å². The first kappa shape index (κ1) is 26.5. The zero-order chi connectivity index (χ0) is 27.4. The lowest BCUT2D eigenvalue weighted by Gasteiger charge is -2.28. The molecule has 1 fully saturated rings. The molecule has 3 heterocycles. The lowest BCUT2D eigenvalue weighted by atomic mass is 10.1. The molecule has 0 unspecified atom stereocenters. The van der Waals surface area contributed by atoms with E-state index in [-0.39, 0.29) is 17.2 Å². The molecule has 1 saturated heterocycles. The van der Waals surface area contributed by atoms with E-state index < -0.39 is 38.9 Å². The number of hydrogen-bond acceptors (Lipinski definition) is 8. The van der Waals surface area contributed by atoms with Gasteiger partial charge >= 0.3 is 0 Å². The summed E-state index contributed by atoms with van der Waals surface area (Å²) < 4.78 is 47.5. The first-order valence-corrected chi connectivity index (χ1v) is 13.1. The molecule has 0 saturated carbocycles. The van der Waals surface area contributed by atoms with Gasteiger partial charge in [0.15, 0.2) is 5.03 Å². The summed E-state index contributed by atoms with van der Waals surface area (Å²) in [6.45, 7) is 2.10. The Balaban J connectivity index is 1.82. The van der Waals surface area contributed by atoms with E-state index in [1.807, 2.05) is 4.72 Å². The van der Waals surface area contributed by atoms with Crippen molar-refractivity contribution in [2.24, 2.45) is 0 Å². The van der Waals surface area contributed by atoms with Crippen molar-refractivity contribution in [3.05, 3.63) is 59.9 Å². The van der Waals surface area contributed by atoms with Crippen LogP contribution in [-0.2, 0) is 10.0 Å². The fourth-order valence-electron chi connectivity index (χ4n) is 4.19. The number of pyridine rings is 2. The number of carbonyl (C=O) groups is 1. The number of aromatic nitrogens is 2. The Morgan fingerprint density at radius 3 is 2.50 bits per heavy atom. The van der Waals surface area contributed by atoms with Crippen molar-refractivity contribution in [2.75, 3.05) is 17.2 Å². The Hall–Kier alpha value is -4.61. The van der Waals surface area contributed by atoms with Gasteiger partial charge in [-0.1, -0.05) is 17.9 Å². The monoisotopic (exact) mass is 533 g/mol. The Morgan fingerprint density at radius 1 is 1.16 bits per heavy atom. The third-order valence-electron chi connectivity index (χ3n) is 5.86. The fourth-order valence-corrected chi connectivity index (χ4v) is 5.13. The van der Waals surface area contributed by atoms with Crippen LogP contribution >= 0.6 is 0 Å². The van der Waals surface area contributed by atoms with Gasteiger partial charge in [0.05, 0.1) is 29.9 Å². The molecule has 1 aromatic carbocycles. The van der Waals surface area contributed by atoms with Crippen LogP contribution in [0.25, 0.3) is 11.3 Å². The molecule has 38 heavy (non-hydrogen) atoms. The third-order valence-corrected chi connectivity index (χ3v) is 7.09. The number of terminal acetylenes is 2. The second kappa shape index (κ2) is 10.8. The highest BCUT2D eigenvalue weighted by molar-refractivity contribution is 7.90. The first-order chi connectivity index (χ1) is 18.2. The van der Waals surface area contributed by atoms with Crippen molar-refractivity contribution in [3.8, 4) is 41.7 Å². The highest BCUT2D eigenvalue weighted by Gasteiger charge is 2.35. The number of sulfonamides is 1. The maximum absolute atomic E-state index is 14.3. The van der Waals surface area contributed by atoms with Gasteiger partial charge in [0, 0.05) is 11.6 Å². The van der Waals surface area contributed by atoms with Gasteiger partial charge in [-0.25, -0.2) is 19.1 Å². The van der Waals surface area contributed by atoms with Crippen LogP contribution in [0.3, 0.4) is 0 Å². The molecule has 11 heteroatoms. The SMILES string of the molecule is C#C[C@@H]1CC[C@H](C#C)N1c1nc(-c2cc(F)cc(OCC)c2)ccc1C(=O)NS(=O)(=O)c1cccc(N)n1. The molecule has 2 aromatic heterocycles. The summed E-state index contributed by atoms with van der Waals surface area (Å²) in [5.41, 5.74) is 6.19. The topological polar surface area (TPSA) is 128 Å². The average molecular weight is 534 g/mol. The number of hydrogen-bond donors (Lipinski definition) is 2. The van der Waals surface area contributed by atoms with Crippen molar-refractivity contribution in [1.82, 2.24) is 14.7 Å². The van der Waals surface area contributed by atoms with Crippen molar-refractivity contribution >= 4 is 27.6 Å². The Bertz CT molecular complexity index is 1560. The lowest BCUT2D eigenvalue weighted by Crippen LogP contribution is -2.38. The second-order valence-electron chi connectivity index (χ2n) is 8.36. The van der Waals surface area contributed by atoms with E-state index in [1.165, 1.54) is 42.5 Å². The minimum absolute atomic E-state index is 0.0284. The predicted molar refractivity (Wildman–Crippen MR) is 141 cm³/mol. The van der Waals surface area contributed by atoms with Gasteiger partial charge in [-0.05, 0) is 56.2 Å². The second-order valence-corrected chi connectivity index (χ2v) is 9.99. The number of anilines is 2. The number of nitrogens with one attached hydrogen (secondary N) is 1. The van der Waals surface area contributed by atoms with Crippen molar-refractivity contribution < 1.29 is 22.3 Å². The Morgan fingerprint density at radius 2 is 1.87 bits per heavy atom. The van der Waals surface area contributed by atoms with Crippen LogP contribution in [0.2, 0.25) is 0 Å². The van der Waals surface area contributed by atoms with Crippen LogP contribution in [0.4, 0.5) is 16.0 Å². The smallest absolute Gasteiger partial charge is 0.281 e. The van der Waals surface area contributed by atoms with E-state index in [0.717, 1.165) is 0 Å². The summed E-state index contributed by atoms with van der Waals surface area (Å²) >= 11 is 0. The molecule has 3 aromatic rings. The summed E-state index contributed by atoms with van der Waals surface area (Å²) in [6, 6.07) is 10.0. The van der Waals surface area contributed by atoms with Crippen LogP contribution in [0, 0.1) is 30.5 Å². The van der Waals surface area contributed by atoms with Crippen molar-refractivity contribution in [2.45, 2.75) is 36.9 Å². The highest BCUT2D eigenvalue weighted by Crippen LogP contribution is 2.34. The maximum atomic E-state index is 14.3. The molecule has 1 aliphatic heterocycles. The number of halogens is 1. The fraction of sp³-hybridized carbons (Fsp3) is 0.222. The minimum atomic E-state index is -4.37. The molecule has 3 N–H and O–H groups in total. The number of nitrogens with zero attached hydrogens (tertiary/aromatic N) is 3. The van der Waals surface area contributed by atoms with Gasteiger partial charge in [-0.15, -0.1) is 12.8 Å². The third kappa shape index (κ3) is 5.38. The number of rotatable bonds is 7. The van der Waals surface area contributed by atoms with E-state index in [1.54, 1.807) is 17.9 Å². The van der Waals surface area contributed by atoms with E-state index in [2.05, 4.69) is 21.8 Å². The number of carbonyl (C=O) groups excluding carboxylic acids is 1. The quantitative estimate of drug-likeness (QED) is 0.444. The summed E-state index contributed by atoms with van der Waals surface area (Å²) in [4.78, 5) is 23.4. The summed E-state index contributed by atoms with van der Waals surface area (Å²) in [6.07, 6.45) is 12.6. The van der Waals surface area contributed by atoms with Gasteiger partial charge in [0.25, 0.3) is 15.9 Å². The van der Waals surface area contributed by atoms with E-state index >= 15 is 0 Å². The lowest BCUT2D eigenvalue weighted by molar-refractivity contribution is 0.0981. The van der Waals surface area contributed by atoms with Crippen LogP contribution in [0.1, 0.15) is 30.1 Å². The highest BCUT2D eigenvalue weighted by atomic mass is 32.2. The number of ether oxygens (including phenoxy) is 1. The van der Waals surface area contributed by atoms with Gasteiger partial charge in [-0.2, -0.15) is 8.42 Å². The summed E-state index contributed by atoms with van der Waals surface area (Å²) in [5.74, 6) is 4.14. The van der Waals surface area contributed by atoms with Crippen LogP contribution in [0.15, 0.2) is 53.6 Å².